The maximum absolute atomic E-state index is 11.9. The molecule has 106 valence electrons. The minimum Gasteiger partial charge on any atom is -0.372 e. The van der Waals surface area contributed by atoms with Gasteiger partial charge < -0.3 is 9.64 Å². The largest absolute Gasteiger partial charge is 0.372 e. The molecule has 0 bridgehead atoms. The Morgan fingerprint density at radius 1 is 1.22 bits per heavy atom. The summed E-state index contributed by atoms with van der Waals surface area (Å²) in [6.45, 7) is 8.88. The lowest BCUT2D eigenvalue weighted by molar-refractivity contribution is -0.139. The van der Waals surface area contributed by atoms with Gasteiger partial charge in [0.05, 0.1) is 0 Å². The molecule has 0 heterocycles. The van der Waals surface area contributed by atoms with Crippen LogP contribution in [0.1, 0.15) is 40.5 Å². The lowest BCUT2D eigenvalue weighted by atomic mass is 10.2. The van der Waals surface area contributed by atoms with Crippen LogP contribution in [0.15, 0.2) is 12.2 Å². The van der Waals surface area contributed by atoms with Crippen LogP contribution in [0, 0.1) is 0 Å². The molecule has 0 fully saturated rings. The molecule has 0 aliphatic carbocycles. The lowest BCUT2D eigenvalue weighted by Crippen LogP contribution is -2.44. The molecular weight excluding hydrogens is 250 g/mol. The van der Waals surface area contributed by atoms with Gasteiger partial charge in [0.2, 0.25) is 5.91 Å². The minimum atomic E-state index is 0.0660. The second kappa shape index (κ2) is 10.4. The molecule has 0 spiro atoms. The molecule has 0 atom stereocenters. The van der Waals surface area contributed by atoms with Crippen molar-refractivity contribution in [1.82, 2.24) is 4.90 Å². The Morgan fingerprint density at radius 3 is 2.33 bits per heavy atom. The van der Waals surface area contributed by atoms with Crippen molar-refractivity contribution in [2.45, 2.75) is 52.6 Å². The molecule has 0 rings (SSSR count). The zero-order valence-corrected chi connectivity index (χ0v) is 12.7. The van der Waals surface area contributed by atoms with Crippen molar-refractivity contribution in [1.29, 1.82) is 0 Å². The lowest BCUT2D eigenvalue weighted by Gasteiger charge is -2.30. The summed E-state index contributed by atoms with van der Waals surface area (Å²) in [5, 5.41) is 0. The van der Waals surface area contributed by atoms with E-state index in [9.17, 15) is 4.79 Å². The highest BCUT2D eigenvalue weighted by Gasteiger charge is 2.19. The molecule has 0 aromatic heterocycles. The number of carbonyl (C=O) groups excluding carboxylic acids is 1. The van der Waals surface area contributed by atoms with Gasteiger partial charge in [0.1, 0.15) is 6.61 Å². The molecule has 0 aromatic rings. The summed E-state index contributed by atoms with van der Waals surface area (Å²) < 4.78 is 5.40. The van der Waals surface area contributed by atoms with E-state index >= 15 is 0 Å². The van der Waals surface area contributed by atoms with Gasteiger partial charge in [0, 0.05) is 24.6 Å². The molecule has 0 saturated heterocycles. The van der Waals surface area contributed by atoms with Gasteiger partial charge in [0.15, 0.2) is 0 Å². The SMILES string of the molecule is CC(C)N(C(=O)COCCC/C=C/CCl)C(C)C. The quantitative estimate of drug-likeness (QED) is 0.367. The highest BCUT2D eigenvalue weighted by molar-refractivity contribution is 6.18. The molecule has 1 amide bonds. The summed E-state index contributed by atoms with van der Waals surface area (Å²) in [5.41, 5.74) is 0. The molecule has 18 heavy (non-hydrogen) atoms. The van der Waals surface area contributed by atoms with Gasteiger partial charge in [-0.05, 0) is 40.5 Å². The third kappa shape index (κ3) is 7.72. The number of rotatable bonds is 9. The third-order valence-corrected chi connectivity index (χ3v) is 2.72. The Labute approximate surface area is 116 Å². The molecule has 0 N–H and O–H groups in total. The van der Waals surface area contributed by atoms with Crippen molar-refractivity contribution >= 4 is 17.5 Å². The second-order valence-electron chi connectivity index (χ2n) is 4.81. The van der Waals surface area contributed by atoms with Gasteiger partial charge in [-0.15, -0.1) is 11.6 Å². The van der Waals surface area contributed by atoms with Crippen molar-refractivity contribution in [2.24, 2.45) is 0 Å². The van der Waals surface area contributed by atoms with E-state index in [1.807, 2.05) is 44.7 Å². The first kappa shape index (κ1) is 17.5. The fraction of sp³-hybridized carbons (Fsp3) is 0.786. The molecule has 0 radical (unpaired) electrons. The predicted molar refractivity (Wildman–Crippen MR) is 77.0 cm³/mol. The van der Waals surface area contributed by atoms with E-state index in [4.69, 9.17) is 16.3 Å². The Kier molecular flexibility index (Phi) is 10.1. The Morgan fingerprint density at radius 2 is 1.83 bits per heavy atom. The molecular formula is C14H26ClNO2. The summed E-state index contributed by atoms with van der Waals surface area (Å²) in [7, 11) is 0. The molecule has 4 heteroatoms. The summed E-state index contributed by atoms with van der Waals surface area (Å²) in [4.78, 5) is 13.8. The highest BCUT2D eigenvalue weighted by atomic mass is 35.5. The van der Waals surface area contributed by atoms with Crippen LogP contribution in [0.2, 0.25) is 0 Å². The van der Waals surface area contributed by atoms with Crippen molar-refractivity contribution in [2.75, 3.05) is 19.1 Å². The van der Waals surface area contributed by atoms with E-state index in [1.54, 1.807) is 0 Å². The number of alkyl halides is 1. The fourth-order valence-corrected chi connectivity index (χ4v) is 2.02. The van der Waals surface area contributed by atoms with Crippen LogP contribution in [-0.2, 0) is 9.53 Å². The van der Waals surface area contributed by atoms with Crippen molar-refractivity contribution in [3.05, 3.63) is 12.2 Å². The third-order valence-electron chi connectivity index (χ3n) is 2.54. The smallest absolute Gasteiger partial charge is 0.249 e. The second-order valence-corrected chi connectivity index (χ2v) is 5.12. The molecule has 0 unspecified atom stereocenters. The first-order valence-corrected chi connectivity index (χ1v) is 7.14. The number of hydrogen-bond acceptors (Lipinski definition) is 2. The zero-order chi connectivity index (χ0) is 14.0. The average Bonchev–Trinajstić information content (AvgIpc) is 2.26. The summed E-state index contributed by atoms with van der Waals surface area (Å²) in [6.07, 6.45) is 5.82. The first-order chi connectivity index (χ1) is 8.50. The fourth-order valence-electron chi connectivity index (χ4n) is 1.89. The van der Waals surface area contributed by atoms with Crippen molar-refractivity contribution in [3.8, 4) is 0 Å². The average molecular weight is 276 g/mol. The maximum atomic E-state index is 11.9. The Hall–Kier alpha value is -0.540. The van der Waals surface area contributed by atoms with E-state index in [1.165, 1.54) is 0 Å². The summed E-state index contributed by atoms with van der Waals surface area (Å²) >= 11 is 5.51. The van der Waals surface area contributed by atoms with Gasteiger partial charge in [-0.1, -0.05) is 12.2 Å². The van der Waals surface area contributed by atoms with Crippen molar-refractivity contribution < 1.29 is 9.53 Å². The topological polar surface area (TPSA) is 29.5 Å². The van der Waals surface area contributed by atoms with Crippen LogP contribution in [-0.4, -0.2) is 42.0 Å². The normalized spacial score (nSPS) is 11.7. The minimum absolute atomic E-state index is 0.0660. The van der Waals surface area contributed by atoms with Crippen LogP contribution >= 0.6 is 11.6 Å². The number of hydrogen-bond donors (Lipinski definition) is 0. The number of carbonyl (C=O) groups is 1. The van der Waals surface area contributed by atoms with Gasteiger partial charge in [-0.25, -0.2) is 0 Å². The van der Waals surface area contributed by atoms with Crippen LogP contribution in [0.5, 0.6) is 0 Å². The summed E-state index contributed by atoms with van der Waals surface area (Å²) in [5.74, 6) is 0.619. The van der Waals surface area contributed by atoms with Crippen LogP contribution < -0.4 is 0 Å². The molecule has 0 aliphatic heterocycles. The number of nitrogens with zero attached hydrogens (tertiary/aromatic N) is 1. The van der Waals surface area contributed by atoms with Crippen molar-refractivity contribution in [3.63, 3.8) is 0 Å². The van der Waals surface area contributed by atoms with E-state index < -0.39 is 0 Å². The predicted octanol–water partition coefficient (Wildman–Crippen LogP) is 3.22. The van der Waals surface area contributed by atoms with Gasteiger partial charge in [-0.3, -0.25) is 4.79 Å². The van der Waals surface area contributed by atoms with E-state index in [-0.39, 0.29) is 24.6 Å². The number of halogens is 1. The number of allylic oxidation sites excluding steroid dienone is 2. The van der Waals surface area contributed by atoms with E-state index in [2.05, 4.69) is 0 Å². The number of amides is 1. The Bertz CT molecular complexity index is 244. The number of unbranched alkanes of at least 4 members (excludes halogenated alkanes) is 1. The number of ether oxygens (including phenoxy) is 1. The summed E-state index contributed by atoms with van der Waals surface area (Å²) in [6, 6.07) is 0.431. The maximum Gasteiger partial charge on any atom is 0.249 e. The van der Waals surface area contributed by atoms with Crippen LogP contribution in [0.25, 0.3) is 0 Å². The van der Waals surface area contributed by atoms with Gasteiger partial charge in [-0.2, -0.15) is 0 Å². The van der Waals surface area contributed by atoms with Crippen LogP contribution in [0.4, 0.5) is 0 Å². The van der Waals surface area contributed by atoms with Gasteiger partial charge in [0.25, 0.3) is 0 Å². The van der Waals surface area contributed by atoms with E-state index in [0.29, 0.717) is 12.5 Å². The molecule has 0 aliphatic rings. The highest BCUT2D eigenvalue weighted by Crippen LogP contribution is 2.05. The van der Waals surface area contributed by atoms with Crippen LogP contribution in [0.3, 0.4) is 0 Å². The first-order valence-electron chi connectivity index (χ1n) is 6.60. The monoisotopic (exact) mass is 275 g/mol. The molecule has 3 nitrogen and oxygen atoms in total. The standard InChI is InChI=1S/C14H26ClNO2/c1-12(2)16(13(3)4)14(17)11-18-10-8-6-5-7-9-15/h5,7,12-13H,6,8-11H2,1-4H3/b7-5+. The molecule has 0 aromatic carbocycles. The zero-order valence-electron chi connectivity index (χ0n) is 12.0. The molecule has 0 saturated carbocycles. The Balaban J connectivity index is 3.78. The van der Waals surface area contributed by atoms with E-state index in [0.717, 1.165) is 12.8 Å². The van der Waals surface area contributed by atoms with Gasteiger partial charge >= 0.3 is 0 Å².